The van der Waals surface area contributed by atoms with Crippen molar-refractivity contribution in [3.8, 4) is 0 Å². The lowest BCUT2D eigenvalue weighted by Gasteiger charge is -2.52. The van der Waals surface area contributed by atoms with Gasteiger partial charge in [0.15, 0.2) is 5.60 Å². The number of carbonyl (C=O) groups is 2. The van der Waals surface area contributed by atoms with E-state index in [4.69, 9.17) is 4.74 Å². The Morgan fingerprint density at radius 3 is 2.59 bits per heavy atom. The summed E-state index contributed by atoms with van der Waals surface area (Å²) in [5, 5.41) is 10.2. The van der Waals surface area contributed by atoms with Crippen LogP contribution in [0.4, 0.5) is 4.79 Å². The van der Waals surface area contributed by atoms with Gasteiger partial charge in [0, 0.05) is 6.54 Å². The minimum Gasteiger partial charge on any atom is -0.444 e. The van der Waals surface area contributed by atoms with Gasteiger partial charge in [0.05, 0.1) is 5.54 Å². The van der Waals surface area contributed by atoms with E-state index < -0.39 is 23.4 Å². The average molecular weight is 304 g/mol. The highest BCUT2D eigenvalue weighted by Gasteiger charge is 2.68. The van der Waals surface area contributed by atoms with E-state index >= 15 is 0 Å². The molecule has 2 aliphatic heterocycles. The minimum atomic E-state index is -1.54. The first kappa shape index (κ1) is 14.8. The fraction of sp³-hybridized carbons (Fsp3) is 0.500. The summed E-state index contributed by atoms with van der Waals surface area (Å²) < 4.78 is 5.32. The van der Waals surface area contributed by atoms with Gasteiger partial charge in [0.2, 0.25) is 0 Å². The molecule has 2 aliphatic rings. The van der Waals surface area contributed by atoms with E-state index in [-0.39, 0.29) is 12.5 Å². The molecular formula is C16H20N2O4. The maximum atomic E-state index is 12.3. The summed E-state index contributed by atoms with van der Waals surface area (Å²) in [4.78, 5) is 27.4. The van der Waals surface area contributed by atoms with Crippen molar-refractivity contribution in [1.29, 1.82) is 0 Å². The second kappa shape index (κ2) is 4.71. The van der Waals surface area contributed by atoms with Gasteiger partial charge in [-0.1, -0.05) is 30.3 Å². The van der Waals surface area contributed by atoms with Crippen LogP contribution >= 0.6 is 0 Å². The van der Waals surface area contributed by atoms with Crippen LogP contribution in [-0.2, 0) is 16.1 Å². The van der Waals surface area contributed by atoms with Crippen molar-refractivity contribution >= 4 is 12.0 Å². The maximum absolute atomic E-state index is 12.3. The van der Waals surface area contributed by atoms with Crippen LogP contribution in [0.2, 0.25) is 0 Å². The highest BCUT2D eigenvalue weighted by molar-refractivity contribution is 5.95. The Balaban J connectivity index is 1.72. The molecule has 22 heavy (non-hydrogen) atoms. The maximum Gasteiger partial charge on any atom is 0.411 e. The summed E-state index contributed by atoms with van der Waals surface area (Å²) in [5.41, 5.74) is -1.16. The highest BCUT2D eigenvalue weighted by Crippen LogP contribution is 2.44. The van der Waals surface area contributed by atoms with Crippen molar-refractivity contribution in [2.75, 3.05) is 6.54 Å². The fourth-order valence-electron chi connectivity index (χ4n) is 3.25. The van der Waals surface area contributed by atoms with Crippen molar-refractivity contribution in [2.45, 2.75) is 44.7 Å². The van der Waals surface area contributed by atoms with Crippen LogP contribution < -0.4 is 0 Å². The van der Waals surface area contributed by atoms with Gasteiger partial charge in [-0.3, -0.25) is 9.69 Å². The molecule has 6 heteroatoms. The van der Waals surface area contributed by atoms with Gasteiger partial charge in [-0.2, -0.15) is 0 Å². The van der Waals surface area contributed by atoms with Crippen LogP contribution in [0.25, 0.3) is 0 Å². The average Bonchev–Trinajstić information content (AvgIpc) is 2.76. The van der Waals surface area contributed by atoms with Crippen LogP contribution in [-0.4, -0.2) is 50.8 Å². The number of nitrogens with zero attached hydrogens (tertiary/aromatic N) is 2. The monoisotopic (exact) mass is 304 g/mol. The van der Waals surface area contributed by atoms with Crippen LogP contribution in [0, 0.1) is 0 Å². The summed E-state index contributed by atoms with van der Waals surface area (Å²) >= 11 is 0. The SMILES string of the molecule is CC1(O)C(=O)N2C1N(C(=O)OCc1ccccc1)CC2(C)C. The molecule has 0 aromatic heterocycles. The number of fused-ring (bicyclic) bond motifs is 1. The molecule has 2 fully saturated rings. The molecule has 1 aromatic rings. The fourth-order valence-corrected chi connectivity index (χ4v) is 3.25. The number of aliphatic hydroxyl groups is 1. The van der Waals surface area contributed by atoms with Crippen molar-refractivity contribution in [3.63, 3.8) is 0 Å². The number of hydrogen-bond donors (Lipinski definition) is 1. The summed E-state index contributed by atoms with van der Waals surface area (Å²) in [7, 11) is 0. The Hall–Kier alpha value is -2.08. The second-order valence-electron chi connectivity index (χ2n) is 6.68. The molecule has 1 N–H and O–H groups in total. The van der Waals surface area contributed by atoms with Gasteiger partial charge in [0.1, 0.15) is 12.8 Å². The summed E-state index contributed by atoms with van der Waals surface area (Å²) in [6.45, 7) is 5.69. The summed E-state index contributed by atoms with van der Waals surface area (Å²) in [6, 6.07) is 9.38. The molecule has 0 bridgehead atoms. The van der Waals surface area contributed by atoms with Gasteiger partial charge in [-0.05, 0) is 26.3 Å². The van der Waals surface area contributed by atoms with Crippen molar-refractivity contribution in [3.05, 3.63) is 35.9 Å². The van der Waals surface area contributed by atoms with Crippen LogP contribution in [0.3, 0.4) is 0 Å². The Morgan fingerprint density at radius 1 is 1.32 bits per heavy atom. The van der Waals surface area contributed by atoms with E-state index in [1.54, 1.807) is 4.90 Å². The second-order valence-corrected chi connectivity index (χ2v) is 6.68. The van der Waals surface area contributed by atoms with Crippen molar-refractivity contribution in [2.24, 2.45) is 0 Å². The molecule has 2 unspecified atom stereocenters. The predicted octanol–water partition coefficient (Wildman–Crippen LogP) is 1.34. The van der Waals surface area contributed by atoms with E-state index in [0.717, 1.165) is 5.56 Å². The molecular weight excluding hydrogens is 284 g/mol. The van der Waals surface area contributed by atoms with Crippen LogP contribution in [0.5, 0.6) is 0 Å². The molecule has 1 aromatic carbocycles. The summed E-state index contributed by atoms with van der Waals surface area (Å²) in [6.07, 6.45) is -1.17. The van der Waals surface area contributed by atoms with Gasteiger partial charge >= 0.3 is 6.09 Å². The van der Waals surface area contributed by atoms with E-state index in [2.05, 4.69) is 0 Å². The Labute approximate surface area is 129 Å². The molecule has 0 aliphatic carbocycles. The number of hydrogen-bond acceptors (Lipinski definition) is 4. The number of β-lactam (4-membered cyclic amide) rings is 1. The zero-order valence-corrected chi connectivity index (χ0v) is 12.9. The summed E-state index contributed by atoms with van der Waals surface area (Å²) in [5.74, 6) is -0.346. The van der Waals surface area contributed by atoms with Gasteiger partial charge in [0.25, 0.3) is 5.91 Å². The van der Waals surface area contributed by atoms with Crippen LogP contribution in [0.15, 0.2) is 30.3 Å². The quantitative estimate of drug-likeness (QED) is 0.837. The largest absolute Gasteiger partial charge is 0.444 e. The van der Waals surface area contributed by atoms with Gasteiger partial charge in [-0.25, -0.2) is 4.79 Å². The van der Waals surface area contributed by atoms with Gasteiger partial charge in [-0.15, -0.1) is 0 Å². The zero-order chi connectivity index (χ0) is 16.1. The number of ether oxygens (including phenoxy) is 1. The normalized spacial score (nSPS) is 29.1. The first-order valence-corrected chi connectivity index (χ1v) is 7.28. The lowest BCUT2D eigenvalue weighted by atomic mass is 9.87. The molecule has 118 valence electrons. The lowest BCUT2D eigenvalue weighted by molar-refractivity contribution is -0.200. The lowest BCUT2D eigenvalue weighted by Crippen LogP contribution is -2.76. The van der Waals surface area contributed by atoms with E-state index in [0.29, 0.717) is 6.54 Å². The molecule has 6 nitrogen and oxygen atoms in total. The first-order chi connectivity index (χ1) is 10.2. The number of carbonyl (C=O) groups excluding carboxylic acids is 2. The molecule has 0 radical (unpaired) electrons. The molecule has 2 saturated heterocycles. The molecule has 0 spiro atoms. The first-order valence-electron chi connectivity index (χ1n) is 7.28. The highest BCUT2D eigenvalue weighted by atomic mass is 16.6. The Bertz CT molecular complexity index is 612. The molecule has 2 atom stereocenters. The molecule has 3 rings (SSSR count). The number of rotatable bonds is 2. The standard InChI is InChI=1S/C16H20N2O4/c1-15(2)10-17(12-16(3,21)13(19)18(12)15)14(20)22-9-11-7-5-4-6-8-11/h4-8,12,21H,9-10H2,1-3H3. The number of benzene rings is 1. The van der Waals surface area contributed by atoms with E-state index in [1.165, 1.54) is 11.8 Å². The van der Waals surface area contributed by atoms with E-state index in [9.17, 15) is 14.7 Å². The molecule has 2 amide bonds. The van der Waals surface area contributed by atoms with Crippen molar-refractivity contribution in [1.82, 2.24) is 9.80 Å². The van der Waals surface area contributed by atoms with Gasteiger partial charge < -0.3 is 14.7 Å². The smallest absolute Gasteiger partial charge is 0.411 e. The third kappa shape index (κ3) is 2.06. The Morgan fingerprint density at radius 2 is 1.95 bits per heavy atom. The molecule has 2 heterocycles. The topological polar surface area (TPSA) is 70.1 Å². The molecule has 0 saturated carbocycles. The predicted molar refractivity (Wildman–Crippen MR) is 78.7 cm³/mol. The number of amides is 2. The third-order valence-corrected chi connectivity index (χ3v) is 4.34. The zero-order valence-electron chi connectivity index (χ0n) is 12.9. The van der Waals surface area contributed by atoms with Crippen molar-refractivity contribution < 1.29 is 19.4 Å². The minimum absolute atomic E-state index is 0.166. The van der Waals surface area contributed by atoms with E-state index in [1.807, 2.05) is 44.2 Å². The Kier molecular flexibility index (Phi) is 3.18. The van der Waals surface area contributed by atoms with Crippen LogP contribution in [0.1, 0.15) is 26.3 Å². The third-order valence-electron chi connectivity index (χ3n) is 4.34.